The molecule has 0 bridgehead atoms. The molecule has 11 heavy (non-hydrogen) atoms. The normalized spacial score (nSPS) is 28.5. The SMILES string of the molecule is C[C@@H]1C[C@@H]1c1nccc(=O)[nH]1. The first-order valence-corrected chi connectivity index (χ1v) is 3.82. The Kier molecular flexibility index (Phi) is 1.31. The topological polar surface area (TPSA) is 45.8 Å². The van der Waals surface area contributed by atoms with E-state index >= 15 is 0 Å². The smallest absolute Gasteiger partial charge is 0.250 e. The summed E-state index contributed by atoms with van der Waals surface area (Å²) < 4.78 is 0. The minimum atomic E-state index is -0.0471. The van der Waals surface area contributed by atoms with Gasteiger partial charge in [-0.15, -0.1) is 0 Å². The molecule has 1 heterocycles. The summed E-state index contributed by atoms with van der Waals surface area (Å²) >= 11 is 0. The van der Waals surface area contributed by atoms with E-state index in [9.17, 15) is 4.79 Å². The van der Waals surface area contributed by atoms with E-state index in [2.05, 4.69) is 16.9 Å². The summed E-state index contributed by atoms with van der Waals surface area (Å²) in [6, 6.07) is 1.44. The number of nitrogens with zero attached hydrogens (tertiary/aromatic N) is 1. The molecule has 0 radical (unpaired) electrons. The second-order valence-corrected chi connectivity index (χ2v) is 3.14. The molecule has 2 atom stereocenters. The zero-order valence-electron chi connectivity index (χ0n) is 6.37. The number of hydrogen-bond donors (Lipinski definition) is 1. The molecule has 0 unspecified atom stereocenters. The highest BCUT2D eigenvalue weighted by atomic mass is 16.1. The van der Waals surface area contributed by atoms with Gasteiger partial charge in [0.05, 0.1) is 0 Å². The maximum atomic E-state index is 10.8. The second kappa shape index (κ2) is 2.19. The van der Waals surface area contributed by atoms with Gasteiger partial charge in [-0.3, -0.25) is 4.79 Å². The van der Waals surface area contributed by atoms with Crippen molar-refractivity contribution in [1.29, 1.82) is 0 Å². The predicted octanol–water partition coefficient (Wildman–Crippen LogP) is 0.893. The standard InChI is InChI=1S/C8H10N2O/c1-5-4-6(5)8-9-3-2-7(11)10-8/h2-3,5-6H,4H2,1H3,(H,9,10,11)/t5-,6+/m1/s1. The van der Waals surface area contributed by atoms with E-state index in [-0.39, 0.29) is 5.56 Å². The van der Waals surface area contributed by atoms with Crippen molar-refractivity contribution in [1.82, 2.24) is 9.97 Å². The second-order valence-electron chi connectivity index (χ2n) is 3.14. The molecule has 0 saturated heterocycles. The van der Waals surface area contributed by atoms with Crippen molar-refractivity contribution in [3.05, 3.63) is 28.4 Å². The van der Waals surface area contributed by atoms with Crippen molar-refractivity contribution in [2.75, 3.05) is 0 Å². The van der Waals surface area contributed by atoms with E-state index in [1.165, 1.54) is 6.07 Å². The number of H-pyrrole nitrogens is 1. The van der Waals surface area contributed by atoms with Gasteiger partial charge in [0.15, 0.2) is 0 Å². The number of nitrogens with one attached hydrogen (secondary N) is 1. The van der Waals surface area contributed by atoms with Crippen molar-refractivity contribution < 1.29 is 0 Å². The Labute approximate surface area is 64.5 Å². The largest absolute Gasteiger partial charge is 0.310 e. The first kappa shape index (κ1) is 6.58. The number of rotatable bonds is 1. The molecule has 3 nitrogen and oxygen atoms in total. The van der Waals surface area contributed by atoms with Gasteiger partial charge in [-0.25, -0.2) is 4.98 Å². The van der Waals surface area contributed by atoms with Crippen LogP contribution in [0, 0.1) is 5.92 Å². The fourth-order valence-corrected chi connectivity index (χ4v) is 1.28. The van der Waals surface area contributed by atoms with Crippen LogP contribution < -0.4 is 5.56 Å². The molecule has 1 aromatic rings. The number of aromatic amines is 1. The van der Waals surface area contributed by atoms with E-state index in [0.29, 0.717) is 11.8 Å². The summed E-state index contributed by atoms with van der Waals surface area (Å²) in [6.07, 6.45) is 2.73. The van der Waals surface area contributed by atoms with Crippen molar-refractivity contribution >= 4 is 0 Å². The molecule has 0 aromatic carbocycles. The molecule has 1 aliphatic carbocycles. The first-order valence-electron chi connectivity index (χ1n) is 3.82. The van der Waals surface area contributed by atoms with Gasteiger partial charge in [0.1, 0.15) is 5.82 Å². The van der Waals surface area contributed by atoms with Gasteiger partial charge in [-0.2, -0.15) is 0 Å². The van der Waals surface area contributed by atoms with Crippen LogP contribution >= 0.6 is 0 Å². The van der Waals surface area contributed by atoms with Crippen LogP contribution in [0.3, 0.4) is 0 Å². The van der Waals surface area contributed by atoms with Gasteiger partial charge in [0.2, 0.25) is 0 Å². The molecular weight excluding hydrogens is 140 g/mol. The molecule has 1 aliphatic rings. The van der Waals surface area contributed by atoms with Crippen molar-refractivity contribution in [3.63, 3.8) is 0 Å². The quantitative estimate of drug-likeness (QED) is 0.646. The van der Waals surface area contributed by atoms with Gasteiger partial charge in [-0.05, 0) is 12.3 Å². The van der Waals surface area contributed by atoms with Gasteiger partial charge in [0, 0.05) is 18.2 Å². The summed E-state index contributed by atoms with van der Waals surface area (Å²) in [5.74, 6) is 2.05. The summed E-state index contributed by atoms with van der Waals surface area (Å²) in [5.41, 5.74) is -0.0471. The third-order valence-corrected chi connectivity index (χ3v) is 2.15. The third kappa shape index (κ3) is 1.18. The molecule has 1 aromatic heterocycles. The molecule has 58 valence electrons. The first-order chi connectivity index (χ1) is 5.27. The highest BCUT2D eigenvalue weighted by Crippen LogP contribution is 2.44. The van der Waals surface area contributed by atoms with Crippen LogP contribution in [-0.2, 0) is 0 Å². The van der Waals surface area contributed by atoms with Crippen LogP contribution in [-0.4, -0.2) is 9.97 Å². The molecule has 0 spiro atoms. The average molecular weight is 150 g/mol. The molecule has 1 saturated carbocycles. The zero-order valence-corrected chi connectivity index (χ0v) is 6.37. The molecule has 1 N–H and O–H groups in total. The Hall–Kier alpha value is -1.12. The molecule has 2 rings (SSSR count). The minimum absolute atomic E-state index is 0.0471. The Morgan fingerprint density at radius 2 is 2.45 bits per heavy atom. The monoisotopic (exact) mass is 150 g/mol. The summed E-state index contributed by atoms with van der Waals surface area (Å²) in [5, 5.41) is 0. The van der Waals surface area contributed by atoms with Gasteiger partial charge < -0.3 is 4.98 Å². The lowest BCUT2D eigenvalue weighted by Gasteiger charge is -1.93. The lowest BCUT2D eigenvalue weighted by atomic mass is 10.3. The van der Waals surface area contributed by atoms with Gasteiger partial charge >= 0.3 is 0 Å². The summed E-state index contributed by atoms with van der Waals surface area (Å²) in [6.45, 7) is 2.16. The molecule has 3 heteroatoms. The van der Waals surface area contributed by atoms with Crippen molar-refractivity contribution in [3.8, 4) is 0 Å². The number of aromatic nitrogens is 2. The highest BCUT2D eigenvalue weighted by Gasteiger charge is 2.35. The third-order valence-electron chi connectivity index (χ3n) is 2.15. The minimum Gasteiger partial charge on any atom is -0.310 e. The molecule has 0 aliphatic heterocycles. The van der Waals surface area contributed by atoms with Gasteiger partial charge in [0.25, 0.3) is 5.56 Å². The summed E-state index contributed by atoms with van der Waals surface area (Å²) in [4.78, 5) is 17.7. The molecular formula is C8H10N2O. The lowest BCUT2D eigenvalue weighted by Crippen LogP contribution is -2.07. The Balaban J connectivity index is 2.32. The zero-order chi connectivity index (χ0) is 7.84. The van der Waals surface area contributed by atoms with E-state index in [1.807, 2.05) is 0 Å². The lowest BCUT2D eigenvalue weighted by molar-refractivity contribution is 0.833. The fourth-order valence-electron chi connectivity index (χ4n) is 1.28. The average Bonchev–Trinajstić information content (AvgIpc) is 2.67. The van der Waals surface area contributed by atoms with Crippen LogP contribution in [0.2, 0.25) is 0 Å². The van der Waals surface area contributed by atoms with E-state index in [1.54, 1.807) is 6.20 Å². The van der Waals surface area contributed by atoms with Crippen molar-refractivity contribution in [2.45, 2.75) is 19.3 Å². The van der Waals surface area contributed by atoms with Crippen molar-refractivity contribution in [2.24, 2.45) is 5.92 Å². The predicted molar refractivity (Wildman–Crippen MR) is 41.4 cm³/mol. The highest BCUT2D eigenvalue weighted by molar-refractivity contribution is 5.08. The van der Waals surface area contributed by atoms with Crippen LogP contribution in [0.5, 0.6) is 0 Å². The molecule has 0 amide bonds. The van der Waals surface area contributed by atoms with E-state index in [4.69, 9.17) is 0 Å². The maximum absolute atomic E-state index is 10.8. The summed E-state index contributed by atoms with van der Waals surface area (Å²) in [7, 11) is 0. The Bertz CT molecular complexity index is 318. The van der Waals surface area contributed by atoms with E-state index in [0.717, 1.165) is 12.2 Å². The Morgan fingerprint density at radius 3 is 3.00 bits per heavy atom. The van der Waals surface area contributed by atoms with Crippen LogP contribution in [0.4, 0.5) is 0 Å². The number of hydrogen-bond acceptors (Lipinski definition) is 2. The van der Waals surface area contributed by atoms with Crippen LogP contribution in [0.25, 0.3) is 0 Å². The van der Waals surface area contributed by atoms with Crippen LogP contribution in [0.1, 0.15) is 25.1 Å². The van der Waals surface area contributed by atoms with E-state index < -0.39 is 0 Å². The Morgan fingerprint density at radius 1 is 1.73 bits per heavy atom. The van der Waals surface area contributed by atoms with Gasteiger partial charge in [-0.1, -0.05) is 6.92 Å². The van der Waals surface area contributed by atoms with Crippen LogP contribution in [0.15, 0.2) is 17.1 Å². The molecule has 1 fully saturated rings. The maximum Gasteiger partial charge on any atom is 0.250 e. The fraction of sp³-hybridized carbons (Fsp3) is 0.500.